The zero-order valence-corrected chi connectivity index (χ0v) is 22.2. The molecule has 0 saturated carbocycles. The summed E-state index contributed by atoms with van der Waals surface area (Å²) in [5.74, 6) is -1.32. The van der Waals surface area contributed by atoms with E-state index >= 15 is 0 Å². The van der Waals surface area contributed by atoms with Crippen LogP contribution in [0.3, 0.4) is 0 Å². The summed E-state index contributed by atoms with van der Waals surface area (Å²) in [5.41, 5.74) is 1.16. The first-order chi connectivity index (χ1) is 18.3. The lowest BCUT2D eigenvalue weighted by atomic mass is 10.1. The summed E-state index contributed by atoms with van der Waals surface area (Å²) in [5, 5.41) is 0. The van der Waals surface area contributed by atoms with Gasteiger partial charge in [0, 0.05) is 29.1 Å². The van der Waals surface area contributed by atoms with Crippen LogP contribution < -0.4 is 19.1 Å². The molecule has 0 unspecified atom stereocenters. The highest BCUT2D eigenvalue weighted by Gasteiger charge is 2.37. The number of nitrogens with zero attached hydrogens (tertiary/aromatic N) is 1. The Morgan fingerprint density at radius 3 is 2.21 bits per heavy atom. The maximum Gasteiger partial charge on any atom is 0.343 e. The SMILES string of the molecule is COc1ccc(OC)c(N2C[C@@H](C(=O)OCC(=O)c3ccc(OC(=O)c4ccc(Br)cc4)cc3)CC2=O)c1. The summed E-state index contributed by atoms with van der Waals surface area (Å²) < 4.78 is 22.0. The van der Waals surface area contributed by atoms with Crippen molar-refractivity contribution in [2.45, 2.75) is 6.42 Å². The lowest BCUT2D eigenvalue weighted by Crippen LogP contribution is -2.27. The Labute approximate surface area is 227 Å². The Hall–Kier alpha value is -4.18. The summed E-state index contributed by atoms with van der Waals surface area (Å²) in [4.78, 5) is 51.5. The molecule has 10 heteroatoms. The second-order valence-corrected chi connectivity index (χ2v) is 9.31. The number of ketones is 1. The number of amides is 1. The van der Waals surface area contributed by atoms with Crippen molar-refractivity contribution in [3.05, 3.63) is 82.3 Å². The molecule has 1 saturated heterocycles. The van der Waals surface area contributed by atoms with Crippen molar-refractivity contribution >= 4 is 45.2 Å². The third-order valence-electron chi connectivity index (χ3n) is 5.95. The Morgan fingerprint density at radius 1 is 0.895 bits per heavy atom. The molecule has 3 aromatic rings. The van der Waals surface area contributed by atoms with Crippen LogP contribution in [0.25, 0.3) is 0 Å². The number of Topliss-reactive ketones (excluding diaryl/α,β-unsaturated/α-hetero) is 1. The van der Waals surface area contributed by atoms with Crippen LogP contribution in [0.4, 0.5) is 5.69 Å². The molecule has 0 spiro atoms. The number of benzene rings is 3. The molecule has 1 atom stereocenters. The molecule has 3 aromatic carbocycles. The average molecular weight is 582 g/mol. The number of rotatable bonds is 9. The molecule has 9 nitrogen and oxygen atoms in total. The highest BCUT2D eigenvalue weighted by Crippen LogP contribution is 2.36. The van der Waals surface area contributed by atoms with Gasteiger partial charge in [0.2, 0.25) is 5.91 Å². The molecule has 1 heterocycles. The van der Waals surface area contributed by atoms with Crippen LogP contribution in [0, 0.1) is 5.92 Å². The van der Waals surface area contributed by atoms with Crippen LogP contribution >= 0.6 is 15.9 Å². The van der Waals surface area contributed by atoms with Gasteiger partial charge < -0.3 is 23.8 Å². The minimum atomic E-state index is -0.730. The predicted molar refractivity (Wildman–Crippen MR) is 141 cm³/mol. The van der Waals surface area contributed by atoms with Crippen molar-refractivity contribution < 1.29 is 38.1 Å². The molecule has 0 aliphatic carbocycles. The van der Waals surface area contributed by atoms with E-state index in [0.717, 1.165) is 4.47 Å². The van der Waals surface area contributed by atoms with E-state index in [9.17, 15) is 19.2 Å². The smallest absolute Gasteiger partial charge is 0.343 e. The molecule has 1 aliphatic heterocycles. The third kappa shape index (κ3) is 6.20. The van der Waals surface area contributed by atoms with Crippen molar-refractivity contribution in [2.24, 2.45) is 5.92 Å². The molecule has 1 fully saturated rings. The van der Waals surface area contributed by atoms with Gasteiger partial charge in [0.25, 0.3) is 0 Å². The van der Waals surface area contributed by atoms with E-state index < -0.39 is 30.2 Å². The fourth-order valence-electron chi connectivity index (χ4n) is 3.90. The fourth-order valence-corrected chi connectivity index (χ4v) is 4.17. The zero-order chi connectivity index (χ0) is 27.2. The van der Waals surface area contributed by atoms with E-state index in [1.807, 2.05) is 0 Å². The van der Waals surface area contributed by atoms with Crippen molar-refractivity contribution in [1.82, 2.24) is 0 Å². The van der Waals surface area contributed by atoms with E-state index in [2.05, 4.69) is 15.9 Å². The van der Waals surface area contributed by atoms with Gasteiger partial charge in [-0.1, -0.05) is 15.9 Å². The highest BCUT2D eigenvalue weighted by atomic mass is 79.9. The maximum absolute atomic E-state index is 12.6. The molecule has 1 aliphatic rings. The number of carbonyl (C=O) groups is 4. The van der Waals surface area contributed by atoms with Crippen LogP contribution in [0.2, 0.25) is 0 Å². The molecule has 196 valence electrons. The van der Waals surface area contributed by atoms with Crippen molar-refractivity contribution in [2.75, 3.05) is 32.3 Å². The van der Waals surface area contributed by atoms with Crippen LogP contribution in [0.5, 0.6) is 17.2 Å². The molecule has 0 aromatic heterocycles. The van der Waals surface area contributed by atoms with Gasteiger partial charge in [0.1, 0.15) is 17.2 Å². The highest BCUT2D eigenvalue weighted by molar-refractivity contribution is 9.10. The second-order valence-electron chi connectivity index (χ2n) is 8.39. The first-order valence-corrected chi connectivity index (χ1v) is 12.4. The minimum Gasteiger partial charge on any atom is -0.497 e. The monoisotopic (exact) mass is 581 g/mol. The van der Waals surface area contributed by atoms with Gasteiger partial charge in [0.15, 0.2) is 12.4 Å². The first-order valence-electron chi connectivity index (χ1n) is 11.6. The van der Waals surface area contributed by atoms with Gasteiger partial charge in [-0.15, -0.1) is 0 Å². The molecule has 0 bridgehead atoms. The summed E-state index contributed by atoms with van der Waals surface area (Å²) in [6.07, 6.45) is -0.0498. The molecular formula is C28H24BrNO8. The number of hydrogen-bond acceptors (Lipinski definition) is 8. The van der Waals surface area contributed by atoms with E-state index in [-0.39, 0.29) is 30.2 Å². The van der Waals surface area contributed by atoms with Crippen LogP contribution in [0.1, 0.15) is 27.1 Å². The number of halogens is 1. The zero-order valence-electron chi connectivity index (χ0n) is 20.6. The van der Waals surface area contributed by atoms with Crippen molar-refractivity contribution in [3.8, 4) is 17.2 Å². The Morgan fingerprint density at radius 2 is 1.55 bits per heavy atom. The summed E-state index contributed by atoms with van der Waals surface area (Å²) in [7, 11) is 3.00. The molecule has 0 radical (unpaired) electrons. The van der Waals surface area contributed by atoms with E-state index in [4.69, 9.17) is 18.9 Å². The first kappa shape index (κ1) is 26.9. The molecule has 38 heavy (non-hydrogen) atoms. The number of anilines is 1. The van der Waals surface area contributed by atoms with E-state index in [1.54, 1.807) is 42.5 Å². The van der Waals surface area contributed by atoms with E-state index in [1.165, 1.54) is 43.4 Å². The summed E-state index contributed by atoms with van der Waals surface area (Å²) in [6, 6.07) is 17.7. The fraction of sp³-hybridized carbons (Fsp3) is 0.214. The lowest BCUT2D eigenvalue weighted by Gasteiger charge is -2.20. The van der Waals surface area contributed by atoms with Gasteiger partial charge in [0.05, 0.1) is 31.4 Å². The molecule has 4 rings (SSSR count). The normalized spacial score (nSPS) is 14.7. The van der Waals surface area contributed by atoms with Gasteiger partial charge >= 0.3 is 11.9 Å². The number of hydrogen-bond donors (Lipinski definition) is 0. The number of ether oxygens (including phenoxy) is 4. The number of methoxy groups -OCH3 is 2. The number of esters is 2. The summed E-state index contributed by atoms with van der Waals surface area (Å²) in [6.45, 7) is -0.391. The van der Waals surface area contributed by atoms with Crippen LogP contribution in [-0.4, -0.2) is 51.0 Å². The van der Waals surface area contributed by atoms with Gasteiger partial charge in [-0.25, -0.2) is 4.79 Å². The number of carbonyl (C=O) groups excluding carboxylic acids is 4. The third-order valence-corrected chi connectivity index (χ3v) is 6.48. The maximum atomic E-state index is 12.6. The molecule has 1 amide bonds. The van der Waals surface area contributed by atoms with Gasteiger partial charge in [-0.2, -0.15) is 0 Å². The minimum absolute atomic E-state index is 0.0498. The van der Waals surface area contributed by atoms with E-state index in [0.29, 0.717) is 22.7 Å². The topological polar surface area (TPSA) is 108 Å². The van der Waals surface area contributed by atoms with Gasteiger partial charge in [-0.05, 0) is 60.7 Å². The Bertz CT molecular complexity index is 1350. The molecule has 0 N–H and O–H groups in total. The predicted octanol–water partition coefficient (Wildman–Crippen LogP) is 4.46. The largest absolute Gasteiger partial charge is 0.497 e. The summed E-state index contributed by atoms with van der Waals surface area (Å²) >= 11 is 3.31. The quantitative estimate of drug-likeness (QED) is 0.207. The van der Waals surface area contributed by atoms with Crippen LogP contribution in [0.15, 0.2) is 71.2 Å². The van der Waals surface area contributed by atoms with Gasteiger partial charge in [-0.3, -0.25) is 14.4 Å². The second kappa shape index (κ2) is 11.9. The Balaban J connectivity index is 1.31. The molecular weight excluding hydrogens is 558 g/mol. The standard InChI is InChI=1S/C28H24BrNO8/c1-35-22-11-12-25(36-2)23(14-22)30-15-19(13-26(30)32)27(33)37-16-24(31)17-5-9-21(10-6-17)38-28(34)18-3-7-20(29)8-4-18/h3-12,14,19H,13,15-16H2,1-2H3/t19-/m0/s1. The van der Waals surface area contributed by atoms with Crippen LogP contribution in [-0.2, 0) is 14.3 Å². The van der Waals surface area contributed by atoms with Crippen molar-refractivity contribution in [1.29, 1.82) is 0 Å². The Kier molecular flexibility index (Phi) is 8.42. The average Bonchev–Trinajstić information content (AvgIpc) is 3.33. The van der Waals surface area contributed by atoms with Crippen molar-refractivity contribution in [3.63, 3.8) is 0 Å². The lowest BCUT2D eigenvalue weighted by molar-refractivity contribution is -0.147.